The molecule has 23 heavy (non-hydrogen) atoms. The van der Waals surface area contributed by atoms with Crippen LogP contribution in [0.25, 0.3) is 0 Å². The molecule has 0 aromatic carbocycles. The summed E-state index contributed by atoms with van der Waals surface area (Å²) in [5, 5.41) is 11.6. The Balaban J connectivity index is 0. The van der Waals surface area contributed by atoms with Crippen LogP contribution in [-0.2, 0) is 19.1 Å². The topological polar surface area (TPSA) is 102 Å². The van der Waals surface area contributed by atoms with Crippen LogP contribution >= 0.6 is 0 Å². The fraction of sp³-hybridized carbons (Fsp3) is 0.800. The Bertz CT molecular complexity index is 413. The standard InChI is InChI=1S/C15H25NO6.Na.H/c1-9(2)14(19)21-10(3)22-15(20)16-8-11-4-6-12(7-5-11)13(17)18;;/h9-12H,4-8H2,1-3H3,(H,16,20)(H,17,18);;/q;+1;-1. The zero-order valence-corrected chi connectivity index (χ0v) is 16.3. The molecule has 0 aromatic rings. The van der Waals surface area contributed by atoms with E-state index >= 15 is 0 Å². The molecule has 0 spiro atoms. The number of hydrogen-bond acceptors (Lipinski definition) is 5. The van der Waals surface area contributed by atoms with Crippen molar-refractivity contribution in [1.29, 1.82) is 0 Å². The first-order chi connectivity index (χ1) is 10.3. The molecule has 1 amide bonds. The molecule has 2 N–H and O–H groups in total. The second-order valence-electron chi connectivity index (χ2n) is 6.00. The number of rotatable bonds is 6. The SMILES string of the molecule is CC(OC(=O)NCC1CCC(C(=O)O)CC1)OC(=O)C(C)C.[H-].[Na+]. The van der Waals surface area contributed by atoms with E-state index in [0.29, 0.717) is 19.4 Å². The minimum Gasteiger partial charge on any atom is -1.00 e. The van der Waals surface area contributed by atoms with Crippen LogP contribution in [0.3, 0.4) is 0 Å². The van der Waals surface area contributed by atoms with E-state index in [0.717, 1.165) is 12.8 Å². The molecule has 0 radical (unpaired) electrons. The number of nitrogens with one attached hydrogen (secondary N) is 1. The van der Waals surface area contributed by atoms with Crippen LogP contribution < -0.4 is 34.9 Å². The van der Waals surface area contributed by atoms with Crippen LogP contribution in [0.15, 0.2) is 0 Å². The van der Waals surface area contributed by atoms with Crippen LogP contribution in [0.2, 0.25) is 0 Å². The van der Waals surface area contributed by atoms with Gasteiger partial charge in [-0.3, -0.25) is 9.59 Å². The average Bonchev–Trinajstić information content (AvgIpc) is 2.45. The average molecular weight is 339 g/mol. The van der Waals surface area contributed by atoms with Crippen molar-refractivity contribution in [3.05, 3.63) is 0 Å². The molecular formula is C15H26NNaO6. The molecule has 7 nitrogen and oxygen atoms in total. The number of amides is 1. The molecule has 1 saturated carbocycles. The maximum atomic E-state index is 11.6. The van der Waals surface area contributed by atoms with Gasteiger partial charge in [-0.2, -0.15) is 0 Å². The van der Waals surface area contributed by atoms with Gasteiger partial charge in [-0.25, -0.2) is 4.79 Å². The van der Waals surface area contributed by atoms with Crippen molar-refractivity contribution in [1.82, 2.24) is 5.32 Å². The van der Waals surface area contributed by atoms with Gasteiger partial charge in [-0.15, -0.1) is 0 Å². The summed E-state index contributed by atoms with van der Waals surface area (Å²) in [6, 6.07) is 0. The molecule has 0 heterocycles. The van der Waals surface area contributed by atoms with Gasteiger partial charge in [0.1, 0.15) is 0 Å². The van der Waals surface area contributed by atoms with Crippen molar-refractivity contribution >= 4 is 18.0 Å². The smallest absolute Gasteiger partial charge is 1.00 e. The number of carbonyl (C=O) groups is 3. The van der Waals surface area contributed by atoms with Gasteiger partial charge in [0.25, 0.3) is 0 Å². The number of ether oxygens (including phenoxy) is 2. The van der Waals surface area contributed by atoms with E-state index in [4.69, 9.17) is 14.6 Å². The van der Waals surface area contributed by atoms with Gasteiger partial charge >= 0.3 is 47.6 Å². The number of aliphatic carboxylic acids is 1. The first-order valence-electron chi connectivity index (χ1n) is 7.67. The summed E-state index contributed by atoms with van der Waals surface area (Å²) in [7, 11) is 0. The second kappa shape index (κ2) is 10.9. The molecule has 0 aromatic heterocycles. The summed E-state index contributed by atoms with van der Waals surface area (Å²) in [5.41, 5.74) is 0. The molecule has 0 saturated heterocycles. The van der Waals surface area contributed by atoms with Crippen LogP contribution in [-0.4, -0.2) is 36.0 Å². The summed E-state index contributed by atoms with van der Waals surface area (Å²) in [6.45, 7) is 5.32. The summed E-state index contributed by atoms with van der Waals surface area (Å²) >= 11 is 0. The van der Waals surface area contributed by atoms with Gasteiger partial charge in [0.05, 0.1) is 11.8 Å². The Labute approximate surface area is 160 Å². The van der Waals surface area contributed by atoms with Crippen molar-refractivity contribution in [2.75, 3.05) is 6.54 Å². The quantitative estimate of drug-likeness (QED) is 0.376. The zero-order valence-electron chi connectivity index (χ0n) is 15.3. The van der Waals surface area contributed by atoms with Gasteiger partial charge in [-0.05, 0) is 31.6 Å². The Morgan fingerprint density at radius 3 is 2.17 bits per heavy atom. The Hall–Kier alpha value is -0.790. The van der Waals surface area contributed by atoms with Gasteiger partial charge in [0.15, 0.2) is 0 Å². The Morgan fingerprint density at radius 2 is 1.70 bits per heavy atom. The fourth-order valence-electron chi connectivity index (χ4n) is 2.36. The van der Waals surface area contributed by atoms with Crippen molar-refractivity contribution in [2.24, 2.45) is 17.8 Å². The van der Waals surface area contributed by atoms with Crippen molar-refractivity contribution in [3.8, 4) is 0 Å². The van der Waals surface area contributed by atoms with Crippen molar-refractivity contribution < 1.29 is 59.9 Å². The van der Waals surface area contributed by atoms with Crippen LogP contribution in [0.4, 0.5) is 4.79 Å². The Kier molecular flexibility index (Phi) is 10.5. The third-order valence-corrected chi connectivity index (χ3v) is 3.76. The maximum Gasteiger partial charge on any atom is 1.00 e. The number of alkyl carbamates (subject to hydrolysis) is 1. The van der Waals surface area contributed by atoms with Crippen molar-refractivity contribution in [2.45, 2.75) is 52.7 Å². The zero-order chi connectivity index (χ0) is 16.7. The molecule has 1 rings (SSSR count). The number of carboxylic acids is 1. The normalized spacial score (nSPS) is 21.7. The molecule has 1 unspecified atom stereocenters. The van der Waals surface area contributed by atoms with Gasteiger partial charge < -0.3 is 21.3 Å². The largest absolute Gasteiger partial charge is 1.00 e. The van der Waals surface area contributed by atoms with Crippen LogP contribution in [0.5, 0.6) is 0 Å². The molecule has 8 heteroatoms. The molecule has 1 atom stereocenters. The van der Waals surface area contributed by atoms with E-state index in [1.807, 2.05) is 0 Å². The molecule has 1 aliphatic rings. The van der Waals surface area contributed by atoms with E-state index < -0.39 is 24.3 Å². The van der Waals surface area contributed by atoms with Gasteiger partial charge in [0.2, 0.25) is 6.29 Å². The first-order valence-corrected chi connectivity index (χ1v) is 7.67. The van der Waals surface area contributed by atoms with Crippen LogP contribution in [0, 0.1) is 17.8 Å². The van der Waals surface area contributed by atoms with Crippen LogP contribution in [0.1, 0.15) is 47.9 Å². The molecule has 128 valence electrons. The third-order valence-electron chi connectivity index (χ3n) is 3.76. The summed E-state index contributed by atoms with van der Waals surface area (Å²) in [6.07, 6.45) is 1.25. The third kappa shape index (κ3) is 8.58. The van der Waals surface area contributed by atoms with E-state index in [1.54, 1.807) is 13.8 Å². The molecule has 0 bridgehead atoms. The summed E-state index contributed by atoms with van der Waals surface area (Å²) in [5.74, 6) is -1.45. The predicted molar refractivity (Wildman–Crippen MR) is 79.1 cm³/mol. The van der Waals surface area contributed by atoms with E-state index in [-0.39, 0.29) is 48.7 Å². The number of carbonyl (C=O) groups excluding carboxylic acids is 2. The van der Waals surface area contributed by atoms with E-state index in [2.05, 4.69) is 5.32 Å². The minimum atomic E-state index is -0.933. The number of hydrogen-bond donors (Lipinski definition) is 2. The maximum absolute atomic E-state index is 11.6. The van der Waals surface area contributed by atoms with Gasteiger partial charge in [-0.1, -0.05) is 13.8 Å². The molecule has 1 fully saturated rings. The molecular weight excluding hydrogens is 313 g/mol. The second-order valence-corrected chi connectivity index (χ2v) is 6.00. The van der Waals surface area contributed by atoms with Crippen molar-refractivity contribution in [3.63, 3.8) is 0 Å². The first kappa shape index (κ1) is 22.2. The summed E-state index contributed by atoms with van der Waals surface area (Å²) in [4.78, 5) is 33.8. The number of esters is 1. The number of carboxylic acid groups (broad SMARTS) is 1. The van der Waals surface area contributed by atoms with E-state index in [1.165, 1.54) is 6.92 Å². The summed E-state index contributed by atoms with van der Waals surface area (Å²) < 4.78 is 9.86. The Morgan fingerprint density at radius 1 is 1.13 bits per heavy atom. The molecule has 0 aliphatic heterocycles. The molecule has 1 aliphatic carbocycles. The predicted octanol–water partition coefficient (Wildman–Crippen LogP) is -0.735. The fourth-order valence-corrected chi connectivity index (χ4v) is 2.36. The van der Waals surface area contributed by atoms with Gasteiger partial charge in [0, 0.05) is 13.5 Å². The van der Waals surface area contributed by atoms with E-state index in [9.17, 15) is 14.4 Å². The minimum absolute atomic E-state index is 0. The monoisotopic (exact) mass is 339 g/mol.